The van der Waals surface area contributed by atoms with Crippen LogP contribution in [0.1, 0.15) is 33.6 Å². The Bertz CT molecular complexity index is 2170. The van der Waals surface area contributed by atoms with Crippen molar-refractivity contribution < 1.29 is 9.59 Å². The summed E-state index contributed by atoms with van der Waals surface area (Å²) in [4.78, 5) is 41.3. The van der Waals surface area contributed by atoms with Crippen LogP contribution in [0.3, 0.4) is 0 Å². The van der Waals surface area contributed by atoms with Crippen LogP contribution in [0.4, 0.5) is 0 Å². The molecule has 1 aliphatic heterocycles. The highest BCUT2D eigenvalue weighted by Gasteiger charge is 2.19. The Morgan fingerprint density at radius 3 is 1.35 bits per heavy atom. The molecular formula is C42H38Cl4N6O2. The molecule has 276 valence electrons. The monoisotopic (exact) mass is 798 g/mol. The smallest absolute Gasteiger partial charge is 0.252 e. The number of benzene rings is 4. The Morgan fingerprint density at radius 2 is 0.944 bits per heavy atom. The molecular weight excluding hydrogens is 762 g/mol. The summed E-state index contributed by atoms with van der Waals surface area (Å²) in [6.07, 6.45) is 1.69. The Morgan fingerprint density at radius 1 is 0.537 bits per heavy atom. The zero-order valence-corrected chi connectivity index (χ0v) is 32.4. The molecule has 0 unspecified atom stereocenters. The van der Waals surface area contributed by atoms with Crippen LogP contribution in [0.15, 0.2) is 97.1 Å². The predicted molar refractivity (Wildman–Crippen MR) is 221 cm³/mol. The van der Waals surface area contributed by atoms with Crippen LogP contribution >= 0.6 is 46.4 Å². The van der Waals surface area contributed by atoms with E-state index in [-0.39, 0.29) is 11.8 Å². The van der Waals surface area contributed by atoms with E-state index in [1.807, 2.05) is 72.8 Å². The Kier molecular flexibility index (Phi) is 12.3. The van der Waals surface area contributed by atoms with Gasteiger partial charge in [0.15, 0.2) is 0 Å². The maximum Gasteiger partial charge on any atom is 0.252 e. The number of hydrogen-bond acceptors (Lipinski definition) is 6. The molecule has 7 rings (SSSR count). The van der Waals surface area contributed by atoms with Crippen molar-refractivity contribution in [3.8, 4) is 22.5 Å². The van der Waals surface area contributed by atoms with Gasteiger partial charge in [0.05, 0.1) is 53.6 Å². The van der Waals surface area contributed by atoms with Crippen molar-refractivity contribution in [2.75, 3.05) is 52.4 Å². The lowest BCUT2D eigenvalue weighted by molar-refractivity contribution is 0.0936. The summed E-state index contributed by atoms with van der Waals surface area (Å²) in [6.45, 7) is 6.79. The van der Waals surface area contributed by atoms with Crippen molar-refractivity contribution in [3.05, 3.63) is 128 Å². The highest BCUT2D eigenvalue weighted by Crippen LogP contribution is 2.32. The topological polar surface area (TPSA) is 90.5 Å². The molecule has 0 bridgehead atoms. The fourth-order valence-electron chi connectivity index (χ4n) is 6.77. The fraction of sp³-hybridized carbons (Fsp3) is 0.238. The number of fused-ring (bicyclic) bond motifs is 2. The summed E-state index contributed by atoms with van der Waals surface area (Å²) in [6, 6.07) is 29.6. The van der Waals surface area contributed by atoms with Crippen LogP contribution in [-0.2, 0) is 0 Å². The van der Waals surface area contributed by atoms with Gasteiger partial charge < -0.3 is 20.4 Å². The number of para-hydroxylation sites is 2. The molecule has 54 heavy (non-hydrogen) atoms. The summed E-state index contributed by atoms with van der Waals surface area (Å²) in [5, 5.41) is 9.65. The molecule has 0 aliphatic carbocycles. The van der Waals surface area contributed by atoms with Gasteiger partial charge in [-0.1, -0.05) is 94.9 Å². The molecule has 0 atom stereocenters. The van der Waals surface area contributed by atoms with E-state index in [9.17, 15) is 9.59 Å². The van der Waals surface area contributed by atoms with Crippen LogP contribution in [0.5, 0.6) is 0 Å². The highest BCUT2D eigenvalue weighted by atomic mass is 35.5. The summed E-state index contributed by atoms with van der Waals surface area (Å²) in [5.74, 6) is -0.258. The van der Waals surface area contributed by atoms with E-state index in [1.165, 1.54) is 0 Å². The number of pyridine rings is 2. The number of aromatic nitrogens is 2. The van der Waals surface area contributed by atoms with Gasteiger partial charge >= 0.3 is 0 Å². The largest absolute Gasteiger partial charge is 0.352 e. The van der Waals surface area contributed by atoms with Crippen molar-refractivity contribution in [3.63, 3.8) is 0 Å². The standard InChI is InChI=1S/C42H38Cl4N6O2/c43-33-13-11-27(23-35(33)45)39-25-31(29-7-1-3-9-37(29)49-39)41(53)47-15-5-17-51-19-21-52(22-20-51)18-6-16-48-42(54)32-26-40(28-12-14-34(44)36(46)24-28)50-38-10-4-2-8-30(32)38/h1-4,7-14,23-26H,5-6,15-22H2,(H,47,53)(H,48,54). The Hall–Kier alpha value is -4.28. The minimum Gasteiger partial charge on any atom is -0.352 e. The summed E-state index contributed by atoms with van der Waals surface area (Å²) in [5.41, 5.74) is 5.55. The molecule has 12 heteroatoms. The first-order valence-corrected chi connectivity index (χ1v) is 19.5. The van der Waals surface area contributed by atoms with E-state index < -0.39 is 0 Å². The first-order chi connectivity index (χ1) is 26.2. The van der Waals surface area contributed by atoms with Gasteiger partial charge in [-0.25, -0.2) is 9.97 Å². The van der Waals surface area contributed by atoms with E-state index in [0.29, 0.717) is 55.7 Å². The average Bonchev–Trinajstić information content (AvgIpc) is 3.19. The second-order valence-electron chi connectivity index (χ2n) is 13.3. The number of hydrogen-bond donors (Lipinski definition) is 2. The Balaban J connectivity index is 0.856. The Labute approximate surface area is 334 Å². The lowest BCUT2D eigenvalue weighted by atomic mass is 10.0. The first kappa shape index (κ1) is 38.0. The average molecular weight is 801 g/mol. The van der Waals surface area contributed by atoms with Gasteiger partial charge in [-0.2, -0.15) is 0 Å². The summed E-state index contributed by atoms with van der Waals surface area (Å²) >= 11 is 24.8. The van der Waals surface area contributed by atoms with Gasteiger partial charge in [-0.05, 0) is 74.5 Å². The van der Waals surface area contributed by atoms with Gasteiger partial charge in [0.2, 0.25) is 0 Å². The number of halogens is 4. The van der Waals surface area contributed by atoms with Gasteiger partial charge in [-0.15, -0.1) is 0 Å². The third-order valence-corrected chi connectivity index (χ3v) is 11.2. The minimum atomic E-state index is -0.129. The van der Waals surface area contributed by atoms with Crippen molar-refractivity contribution in [2.45, 2.75) is 12.8 Å². The SMILES string of the molecule is O=C(NCCCN1CCN(CCCNC(=O)c2cc(-c3ccc(Cl)c(Cl)c3)nc3ccccc23)CC1)c1cc(-c2ccc(Cl)c(Cl)c2)nc2ccccc12. The number of nitrogens with zero attached hydrogens (tertiary/aromatic N) is 4. The van der Waals surface area contributed by atoms with Crippen molar-refractivity contribution in [1.82, 2.24) is 30.4 Å². The van der Waals surface area contributed by atoms with Crippen molar-refractivity contribution in [1.29, 1.82) is 0 Å². The van der Waals surface area contributed by atoms with Crippen LogP contribution in [-0.4, -0.2) is 83.9 Å². The number of carbonyl (C=O) groups excluding carboxylic acids is 2. The summed E-state index contributed by atoms with van der Waals surface area (Å²) in [7, 11) is 0. The molecule has 0 saturated carbocycles. The van der Waals surface area contributed by atoms with E-state index >= 15 is 0 Å². The zero-order valence-electron chi connectivity index (χ0n) is 29.4. The van der Waals surface area contributed by atoms with Gasteiger partial charge in [0, 0.05) is 61.2 Å². The van der Waals surface area contributed by atoms with Crippen LogP contribution < -0.4 is 10.6 Å². The second kappa shape index (κ2) is 17.5. The predicted octanol–water partition coefficient (Wildman–Crippen LogP) is 9.29. The van der Waals surface area contributed by atoms with Crippen molar-refractivity contribution >= 4 is 80.0 Å². The molecule has 3 heterocycles. The normalized spacial score (nSPS) is 13.7. The van der Waals surface area contributed by atoms with Crippen molar-refractivity contribution in [2.24, 2.45) is 0 Å². The van der Waals surface area contributed by atoms with E-state index in [1.54, 1.807) is 24.3 Å². The second-order valence-corrected chi connectivity index (χ2v) is 14.9. The van der Waals surface area contributed by atoms with Crippen LogP contribution in [0.25, 0.3) is 44.3 Å². The number of piperazine rings is 1. The van der Waals surface area contributed by atoms with Gasteiger partial charge in [0.25, 0.3) is 11.8 Å². The number of nitrogens with one attached hydrogen (secondary N) is 2. The quantitative estimate of drug-likeness (QED) is 0.120. The third kappa shape index (κ3) is 8.98. The molecule has 6 aromatic rings. The molecule has 1 saturated heterocycles. The highest BCUT2D eigenvalue weighted by molar-refractivity contribution is 6.42. The molecule has 2 amide bonds. The minimum absolute atomic E-state index is 0.129. The number of carbonyl (C=O) groups is 2. The number of amides is 2. The molecule has 8 nitrogen and oxygen atoms in total. The molecule has 2 aromatic heterocycles. The maximum absolute atomic E-state index is 13.4. The third-order valence-electron chi connectivity index (χ3n) is 9.69. The lowest BCUT2D eigenvalue weighted by Gasteiger charge is -2.34. The summed E-state index contributed by atoms with van der Waals surface area (Å²) < 4.78 is 0. The van der Waals surface area contributed by atoms with E-state index in [4.69, 9.17) is 56.4 Å². The molecule has 1 fully saturated rings. The maximum atomic E-state index is 13.4. The molecule has 1 aliphatic rings. The fourth-order valence-corrected chi connectivity index (χ4v) is 7.37. The lowest BCUT2D eigenvalue weighted by Crippen LogP contribution is -2.47. The molecule has 2 N–H and O–H groups in total. The van der Waals surface area contributed by atoms with Crippen LogP contribution in [0.2, 0.25) is 20.1 Å². The number of rotatable bonds is 12. The zero-order chi connectivity index (χ0) is 37.6. The molecule has 4 aromatic carbocycles. The van der Waals surface area contributed by atoms with E-state index in [2.05, 4.69) is 20.4 Å². The van der Waals surface area contributed by atoms with Crippen LogP contribution in [0, 0.1) is 0 Å². The first-order valence-electron chi connectivity index (χ1n) is 17.9. The molecule has 0 spiro atoms. The van der Waals surface area contributed by atoms with Gasteiger partial charge in [0.1, 0.15) is 0 Å². The molecule has 0 radical (unpaired) electrons. The van der Waals surface area contributed by atoms with E-state index in [0.717, 1.165) is 85.0 Å². The van der Waals surface area contributed by atoms with Gasteiger partial charge in [-0.3, -0.25) is 9.59 Å².